The van der Waals surface area contributed by atoms with Gasteiger partial charge in [-0.15, -0.1) is 0 Å². The molecule has 4 heteroatoms. The first-order chi connectivity index (χ1) is 11.7. The minimum atomic E-state index is 0.0290. The Balaban J connectivity index is 1.34. The summed E-state index contributed by atoms with van der Waals surface area (Å²) in [5.41, 5.74) is 1.50. The van der Waals surface area contributed by atoms with Crippen LogP contribution in [0.1, 0.15) is 50.5 Å². The Morgan fingerprint density at radius 2 is 1.88 bits per heavy atom. The molecule has 1 aliphatic carbocycles. The second kappa shape index (κ2) is 8.02. The Hall–Kier alpha value is -1.55. The van der Waals surface area contributed by atoms with Crippen molar-refractivity contribution in [2.75, 3.05) is 26.2 Å². The summed E-state index contributed by atoms with van der Waals surface area (Å²) in [6.45, 7) is 4.03. The molecule has 0 bridgehead atoms. The van der Waals surface area contributed by atoms with Gasteiger partial charge < -0.3 is 15.3 Å². The van der Waals surface area contributed by atoms with Crippen molar-refractivity contribution in [2.45, 2.75) is 51.4 Å². The molecule has 0 atom stereocenters. The van der Waals surface area contributed by atoms with E-state index in [4.69, 9.17) is 0 Å². The smallest absolute Gasteiger partial charge is 0.224 e. The predicted molar refractivity (Wildman–Crippen MR) is 96.0 cm³/mol. The number of aromatic hydroxyl groups is 1. The summed E-state index contributed by atoms with van der Waals surface area (Å²) in [5, 5.41) is 12.4. The maximum absolute atomic E-state index is 12.0. The minimum absolute atomic E-state index is 0.0290. The molecule has 0 aromatic heterocycles. The number of phenolic OH excluding ortho intramolecular Hbond substituents is 1. The zero-order valence-corrected chi connectivity index (χ0v) is 14.6. The molecular formula is C20H30N2O2. The first-order valence-electron chi connectivity index (χ1n) is 9.42. The van der Waals surface area contributed by atoms with Gasteiger partial charge in [0.15, 0.2) is 0 Å². The minimum Gasteiger partial charge on any atom is -0.508 e. The SMILES string of the molecule is O=C(Cc1cccc(O)c1)NCCN1CCC2(CCCCC2)CC1. The van der Waals surface area contributed by atoms with Crippen molar-refractivity contribution in [3.63, 3.8) is 0 Å². The van der Waals surface area contributed by atoms with E-state index in [1.165, 1.54) is 58.0 Å². The zero-order chi connectivity index (χ0) is 16.8. The van der Waals surface area contributed by atoms with E-state index in [0.717, 1.165) is 12.1 Å². The van der Waals surface area contributed by atoms with Crippen LogP contribution in [0.2, 0.25) is 0 Å². The van der Waals surface area contributed by atoms with Gasteiger partial charge in [-0.1, -0.05) is 31.4 Å². The average molecular weight is 330 g/mol. The fourth-order valence-electron chi connectivity index (χ4n) is 4.32. The van der Waals surface area contributed by atoms with Crippen LogP contribution >= 0.6 is 0 Å². The second-order valence-electron chi connectivity index (χ2n) is 7.60. The molecule has 24 heavy (non-hydrogen) atoms. The van der Waals surface area contributed by atoms with Gasteiger partial charge in [0.05, 0.1) is 6.42 Å². The molecule has 132 valence electrons. The van der Waals surface area contributed by atoms with Gasteiger partial charge in [-0.3, -0.25) is 4.79 Å². The fourth-order valence-corrected chi connectivity index (χ4v) is 4.32. The summed E-state index contributed by atoms with van der Waals surface area (Å²) < 4.78 is 0. The summed E-state index contributed by atoms with van der Waals surface area (Å²) in [6, 6.07) is 6.91. The Morgan fingerprint density at radius 3 is 2.58 bits per heavy atom. The molecule has 2 fully saturated rings. The van der Waals surface area contributed by atoms with Crippen molar-refractivity contribution >= 4 is 5.91 Å². The van der Waals surface area contributed by atoms with Gasteiger partial charge in [-0.25, -0.2) is 0 Å². The largest absolute Gasteiger partial charge is 0.508 e. The zero-order valence-electron chi connectivity index (χ0n) is 14.6. The van der Waals surface area contributed by atoms with E-state index in [1.807, 2.05) is 6.07 Å². The average Bonchev–Trinajstić information content (AvgIpc) is 2.58. The Labute approximate surface area is 145 Å². The number of rotatable bonds is 5. The standard InChI is InChI=1S/C20H30N2O2/c23-18-6-4-5-17(15-18)16-19(24)21-11-14-22-12-9-20(10-13-22)7-2-1-3-8-20/h4-6,15,23H,1-3,7-14,16H2,(H,21,24). The molecule has 0 radical (unpaired) electrons. The highest BCUT2D eigenvalue weighted by Crippen LogP contribution is 2.44. The van der Waals surface area contributed by atoms with Crippen LogP contribution in [0.25, 0.3) is 0 Å². The first-order valence-corrected chi connectivity index (χ1v) is 9.42. The van der Waals surface area contributed by atoms with E-state index in [2.05, 4.69) is 10.2 Å². The maximum Gasteiger partial charge on any atom is 0.224 e. The number of amides is 1. The summed E-state index contributed by atoms with van der Waals surface area (Å²) in [6.07, 6.45) is 10.1. The quantitative estimate of drug-likeness (QED) is 0.872. The number of phenols is 1. The van der Waals surface area contributed by atoms with Crippen molar-refractivity contribution in [3.8, 4) is 5.75 Å². The number of nitrogens with one attached hydrogen (secondary N) is 1. The van der Waals surface area contributed by atoms with Gasteiger partial charge in [0.2, 0.25) is 5.91 Å². The molecule has 1 saturated heterocycles. The Bertz CT molecular complexity index is 542. The number of carbonyl (C=O) groups excluding carboxylic acids is 1. The van der Waals surface area contributed by atoms with E-state index >= 15 is 0 Å². The molecule has 2 N–H and O–H groups in total. The lowest BCUT2D eigenvalue weighted by atomic mass is 9.68. The lowest BCUT2D eigenvalue weighted by molar-refractivity contribution is -0.120. The van der Waals surface area contributed by atoms with Crippen LogP contribution in [0.3, 0.4) is 0 Å². The van der Waals surface area contributed by atoms with Crippen molar-refractivity contribution < 1.29 is 9.90 Å². The number of piperidine rings is 1. The Kier molecular flexibility index (Phi) is 5.77. The van der Waals surface area contributed by atoms with Crippen LogP contribution in [-0.4, -0.2) is 42.1 Å². The van der Waals surface area contributed by atoms with E-state index in [0.29, 0.717) is 18.4 Å². The van der Waals surface area contributed by atoms with Gasteiger partial charge in [-0.05, 0) is 61.9 Å². The monoisotopic (exact) mass is 330 g/mol. The number of hydrogen-bond donors (Lipinski definition) is 2. The fraction of sp³-hybridized carbons (Fsp3) is 0.650. The third-order valence-corrected chi connectivity index (χ3v) is 5.86. The van der Waals surface area contributed by atoms with Gasteiger partial charge >= 0.3 is 0 Å². The van der Waals surface area contributed by atoms with Crippen LogP contribution in [0.4, 0.5) is 0 Å². The molecule has 3 rings (SSSR count). The van der Waals surface area contributed by atoms with Crippen LogP contribution in [-0.2, 0) is 11.2 Å². The molecule has 1 amide bonds. The van der Waals surface area contributed by atoms with Crippen LogP contribution in [0.15, 0.2) is 24.3 Å². The summed E-state index contributed by atoms with van der Waals surface area (Å²) in [4.78, 5) is 14.5. The van der Waals surface area contributed by atoms with E-state index in [1.54, 1.807) is 18.2 Å². The van der Waals surface area contributed by atoms with Crippen LogP contribution in [0.5, 0.6) is 5.75 Å². The molecule has 0 unspecified atom stereocenters. The number of likely N-dealkylation sites (tertiary alicyclic amines) is 1. The maximum atomic E-state index is 12.0. The van der Waals surface area contributed by atoms with E-state index in [-0.39, 0.29) is 11.7 Å². The van der Waals surface area contributed by atoms with E-state index in [9.17, 15) is 9.90 Å². The van der Waals surface area contributed by atoms with Gasteiger partial charge in [-0.2, -0.15) is 0 Å². The third kappa shape index (κ3) is 4.73. The molecule has 1 saturated carbocycles. The molecule has 4 nitrogen and oxygen atoms in total. The van der Waals surface area contributed by atoms with E-state index < -0.39 is 0 Å². The third-order valence-electron chi connectivity index (χ3n) is 5.86. The van der Waals surface area contributed by atoms with Gasteiger partial charge in [0.25, 0.3) is 0 Å². The molecular weight excluding hydrogens is 300 g/mol. The highest BCUT2D eigenvalue weighted by atomic mass is 16.3. The molecule has 1 spiro atoms. The van der Waals surface area contributed by atoms with Gasteiger partial charge in [0.1, 0.15) is 5.75 Å². The van der Waals surface area contributed by atoms with Crippen molar-refractivity contribution in [2.24, 2.45) is 5.41 Å². The molecule has 1 aromatic carbocycles. The van der Waals surface area contributed by atoms with Crippen LogP contribution in [0, 0.1) is 5.41 Å². The lowest BCUT2D eigenvalue weighted by Gasteiger charge is -2.44. The van der Waals surface area contributed by atoms with Crippen molar-refractivity contribution in [3.05, 3.63) is 29.8 Å². The summed E-state index contributed by atoms with van der Waals surface area (Å²) in [7, 11) is 0. The highest BCUT2D eigenvalue weighted by molar-refractivity contribution is 5.78. The second-order valence-corrected chi connectivity index (χ2v) is 7.60. The topological polar surface area (TPSA) is 52.6 Å². The summed E-state index contributed by atoms with van der Waals surface area (Å²) in [5.74, 6) is 0.242. The normalized spacial score (nSPS) is 20.8. The van der Waals surface area contributed by atoms with Crippen LogP contribution < -0.4 is 5.32 Å². The Morgan fingerprint density at radius 1 is 1.12 bits per heavy atom. The highest BCUT2D eigenvalue weighted by Gasteiger charge is 2.35. The molecule has 1 aromatic rings. The predicted octanol–water partition coefficient (Wildman–Crippen LogP) is 3.10. The number of carbonyl (C=O) groups is 1. The van der Waals surface area contributed by atoms with Crippen molar-refractivity contribution in [1.29, 1.82) is 0 Å². The molecule has 2 aliphatic rings. The number of benzene rings is 1. The summed E-state index contributed by atoms with van der Waals surface area (Å²) >= 11 is 0. The molecule has 1 aliphatic heterocycles. The lowest BCUT2D eigenvalue weighted by Crippen LogP contribution is -2.44. The molecule has 1 heterocycles. The number of hydrogen-bond acceptors (Lipinski definition) is 3. The first kappa shape index (κ1) is 17.3. The van der Waals surface area contributed by atoms with Crippen molar-refractivity contribution in [1.82, 2.24) is 10.2 Å². The number of nitrogens with zero attached hydrogens (tertiary/aromatic N) is 1. The van der Waals surface area contributed by atoms with Gasteiger partial charge in [0, 0.05) is 13.1 Å².